The molecule has 0 unspecified atom stereocenters. The number of rotatable bonds is 7. The first-order valence-corrected chi connectivity index (χ1v) is 8.29. The molecule has 130 valence electrons. The molecule has 2 aromatic carbocycles. The standard InChI is InChI=1S/C23H23N3/c1-4-9-18(5-2)12-17-22(19-13-15-21(24)16-14-19)26-23(25-3)20-10-7-6-8-11-20/h4-11,13-17H,1-3,12,24H2/b18-9+,22-17-,26-23?. The summed E-state index contributed by atoms with van der Waals surface area (Å²) >= 11 is 0. The molecule has 0 fully saturated rings. The van der Waals surface area contributed by atoms with Gasteiger partial charge in [0.25, 0.3) is 0 Å². The molecule has 0 spiro atoms. The number of nitrogens with two attached hydrogens (primary N) is 1. The third kappa shape index (κ3) is 5.28. The largest absolute Gasteiger partial charge is 0.399 e. The highest BCUT2D eigenvalue weighted by atomic mass is 14.9. The highest BCUT2D eigenvalue weighted by Crippen LogP contribution is 2.21. The van der Waals surface area contributed by atoms with Crippen molar-refractivity contribution < 1.29 is 0 Å². The third-order valence-corrected chi connectivity index (χ3v) is 3.74. The van der Waals surface area contributed by atoms with Gasteiger partial charge in [-0.2, -0.15) is 0 Å². The van der Waals surface area contributed by atoms with Crippen LogP contribution < -0.4 is 5.73 Å². The number of benzene rings is 2. The van der Waals surface area contributed by atoms with Gasteiger partial charge in [-0.1, -0.05) is 79.9 Å². The predicted molar refractivity (Wildman–Crippen MR) is 114 cm³/mol. The lowest BCUT2D eigenvalue weighted by Gasteiger charge is -2.07. The Kier molecular flexibility index (Phi) is 7.07. The molecule has 0 aliphatic carbocycles. The number of allylic oxidation sites excluding steroid dienone is 5. The fourth-order valence-electron chi connectivity index (χ4n) is 2.36. The van der Waals surface area contributed by atoms with Crippen molar-refractivity contribution >= 4 is 23.9 Å². The molecule has 0 aliphatic heterocycles. The van der Waals surface area contributed by atoms with Gasteiger partial charge in [0.2, 0.25) is 0 Å². The van der Waals surface area contributed by atoms with Gasteiger partial charge in [0, 0.05) is 16.8 Å². The molecular weight excluding hydrogens is 318 g/mol. The van der Waals surface area contributed by atoms with Crippen LogP contribution in [0.3, 0.4) is 0 Å². The molecule has 0 saturated carbocycles. The lowest BCUT2D eigenvalue weighted by Crippen LogP contribution is -1.97. The SMILES string of the molecule is C=C/C=C(\C=C)C/C=C(\N=C(N=C)c1ccccc1)c1ccc(N)cc1. The third-order valence-electron chi connectivity index (χ3n) is 3.74. The minimum atomic E-state index is 0.571. The average Bonchev–Trinajstić information content (AvgIpc) is 2.68. The van der Waals surface area contributed by atoms with E-state index in [-0.39, 0.29) is 0 Å². The van der Waals surface area contributed by atoms with Crippen molar-refractivity contribution in [2.75, 3.05) is 5.73 Å². The quantitative estimate of drug-likeness (QED) is 0.310. The summed E-state index contributed by atoms with van der Waals surface area (Å²) in [5.74, 6) is 0.571. The van der Waals surface area contributed by atoms with Gasteiger partial charge in [0.05, 0.1) is 5.70 Å². The van der Waals surface area contributed by atoms with Gasteiger partial charge in [-0.25, -0.2) is 9.98 Å². The normalized spacial score (nSPS) is 12.5. The number of anilines is 1. The number of nitrogens with zero attached hydrogens (tertiary/aromatic N) is 2. The molecule has 0 heterocycles. The van der Waals surface area contributed by atoms with Gasteiger partial charge >= 0.3 is 0 Å². The van der Waals surface area contributed by atoms with Crippen LogP contribution in [0.5, 0.6) is 0 Å². The molecule has 0 atom stereocenters. The second-order valence-electron chi connectivity index (χ2n) is 5.56. The zero-order valence-electron chi connectivity index (χ0n) is 14.8. The van der Waals surface area contributed by atoms with E-state index in [1.165, 1.54) is 0 Å². The van der Waals surface area contributed by atoms with Crippen LogP contribution in [0.1, 0.15) is 17.5 Å². The average molecular weight is 341 g/mol. The van der Waals surface area contributed by atoms with E-state index in [1.807, 2.05) is 72.8 Å². The maximum atomic E-state index is 5.81. The van der Waals surface area contributed by atoms with Crippen LogP contribution in [-0.2, 0) is 0 Å². The molecule has 3 nitrogen and oxygen atoms in total. The van der Waals surface area contributed by atoms with Gasteiger partial charge in [0.15, 0.2) is 5.84 Å². The Bertz CT molecular complexity index is 854. The zero-order valence-corrected chi connectivity index (χ0v) is 14.8. The van der Waals surface area contributed by atoms with Crippen molar-refractivity contribution in [2.45, 2.75) is 6.42 Å². The molecule has 0 bridgehead atoms. The smallest absolute Gasteiger partial charge is 0.159 e. The van der Waals surface area contributed by atoms with Crippen LogP contribution in [-0.4, -0.2) is 12.6 Å². The van der Waals surface area contributed by atoms with Gasteiger partial charge in [-0.05, 0) is 30.8 Å². The van der Waals surface area contributed by atoms with E-state index in [1.54, 1.807) is 6.08 Å². The second-order valence-corrected chi connectivity index (χ2v) is 5.56. The summed E-state index contributed by atoms with van der Waals surface area (Å²) in [6, 6.07) is 17.4. The van der Waals surface area contributed by atoms with E-state index in [9.17, 15) is 0 Å². The van der Waals surface area contributed by atoms with Crippen molar-refractivity contribution in [3.63, 3.8) is 0 Å². The van der Waals surface area contributed by atoms with Crippen molar-refractivity contribution in [1.29, 1.82) is 0 Å². The first kappa shape index (κ1) is 18.9. The van der Waals surface area contributed by atoms with Crippen LogP contribution >= 0.6 is 0 Å². The Morgan fingerprint density at radius 1 is 0.962 bits per heavy atom. The molecule has 2 rings (SSSR count). The monoisotopic (exact) mass is 341 g/mol. The molecule has 0 radical (unpaired) electrons. The first-order valence-electron chi connectivity index (χ1n) is 8.29. The maximum Gasteiger partial charge on any atom is 0.159 e. The van der Waals surface area contributed by atoms with Crippen LogP contribution in [0.4, 0.5) is 5.69 Å². The Morgan fingerprint density at radius 2 is 1.65 bits per heavy atom. The topological polar surface area (TPSA) is 50.7 Å². The Morgan fingerprint density at radius 3 is 2.23 bits per heavy atom. The number of hydrogen-bond acceptors (Lipinski definition) is 2. The molecule has 0 amide bonds. The van der Waals surface area contributed by atoms with Crippen LogP contribution in [0.2, 0.25) is 0 Å². The van der Waals surface area contributed by atoms with E-state index in [2.05, 4.69) is 24.9 Å². The molecular formula is C23H23N3. The molecule has 0 aliphatic rings. The summed E-state index contributed by atoms with van der Waals surface area (Å²) in [5.41, 5.74) is 10.2. The summed E-state index contributed by atoms with van der Waals surface area (Å²) < 4.78 is 0. The predicted octanol–water partition coefficient (Wildman–Crippen LogP) is 5.45. The van der Waals surface area contributed by atoms with Crippen LogP contribution in [0.25, 0.3) is 5.70 Å². The minimum Gasteiger partial charge on any atom is -0.399 e. The number of hydrogen-bond donors (Lipinski definition) is 1. The van der Waals surface area contributed by atoms with Gasteiger partial charge < -0.3 is 5.73 Å². The van der Waals surface area contributed by atoms with E-state index in [0.717, 1.165) is 22.4 Å². The zero-order chi connectivity index (χ0) is 18.8. The van der Waals surface area contributed by atoms with E-state index < -0.39 is 0 Å². The van der Waals surface area contributed by atoms with Gasteiger partial charge in [-0.15, -0.1) is 0 Å². The Labute approximate surface area is 155 Å². The molecule has 2 N–H and O–H groups in total. The molecule has 0 saturated heterocycles. The van der Waals surface area contributed by atoms with E-state index in [0.29, 0.717) is 17.9 Å². The first-order chi connectivity index (χ1) is 12.7. The lowest BCUT2D eigenvalue weighted by atomic mass is 10.1. The van der Waals surface area contributed by atoms with Gasteiger partial charge in [0.1, 0.15) is 0 Å². The number of nitrogen functional groups attached to an aromatic ring is 1. The highest BCUT2D eigenvalue weighted by Gasteiger charge is 2.05. The number of amidine groups is 1. The van der Waals surface area contributed by atoms with Gasteiger partial charge in [-0.3, -0.25) is 0 Å². The van der Waals surface area contributed by atoms with Crippen molar-refractivity contribution in [3.8, 4) is 0 Å². The van der Waals surface area contributed by atoms with E-state index in [4.69, 9.17) is 10.7 Å². The van der Waals surface area contributed by atoms with E-state index >= 15 is 0 Å². The summed E-state index contributed by atoms with van der Waals surface area (Å²) in [6.07, 6.45) is 8.20. The number of aliphatic imine (C=N–C) groups is 2. The Balaban J connectivity index is 2.48. The fraction of sp³-hybridized carbons (Fsp3) is 0.0435. The lowest BCUT2D eigenvalue weighted by molar-refractivity contribution is 1.27. The van der Waals surface area contributed by atoms with Crippen molar-refractivity contribution in [1.82, 2.24) is 0 Å². The second kappa shape index (κ2) is 9.74. The summed E-state index contributed by atoms with van der Waals surface area (Å²) in [6.45, 7) is 11.2. The molecule has 2 aromatic rings. The fourth-order valence-corrected chi connectivity index (χ4v) is 2.36. The van der Waals surface area contributed by atoms with Crippen molar-refractivity contribution in [2.24, 2.45) is 9.98 Å². The molecule has 26 heavy (non-hydrogen) atoms. The molecule has 0 aromatic heterocycles. The summed E-state index contributed by atoms with van der Waals surface area (Å²) in [4.78, 5) is 8.86. The van der Waals surface area contributed by atoms with Crippen LogP contribution in [0, 0.1) is 0 Å². The van der Waals surface area contributed by atoms with Crippen molar-refractivity contribution in [3.05, 3.63) is 109 Å². The molecule has 3 heteroatoms. The highest BCUT2D eigenvalue weighted by molar-refractivity contribution is 6.04. The minimum absolute atomic E-state index is 0.571. The summed E-state index contributed by atoms with van der Waals surface area (Å²) in [7, 11) is 0. The summed E-state index contributed by atoms with van der Waals surface area (Å²) in [5, 5.41) is 0. The maximum absolute atomic E-state index is 5.81. The van der Waals surface area contributed by atoms with Crippen LogP contribution in [0.15, 0.2) is 108 Å². The Hall–Kier alpha value is -3.46.